The normalized spacial score (nSPS) is 16.5. The highest BCUT2D eigenvalue weighted by molar-refractivity contribution is 5.75. The number of hydrogen-bond acceptors (Lipinski definition) is 5. The third-order valence-electron chi connectivity index (χ3n) is 3.23. The molecule has 19 heavy (non-hydrogen) atoms. The lowest BCUT2D eigenvalue weighted by atomic mass is 10.1. The minimum absolute atomic E-state index is 0.0605. The summed E-state index contributed by atoms with van der Waals surface area (Å²) in [7, 11) is 1.76. The van der Waals surface area contributed by atoms with Crippen molar-refractivity contribution >= 4 is 5.91 Å². The molecule has 0 bridgehead atoms. The van der Waals surface area contributed by atoms with Crippen LogP contribution in [-0.2, 0) is 16.1 Å². The number of carbonyl (C=O) groups excluding carboxylic acids is 1. The minimum Gasteiger partial charge on any atom is -0.378 e. The molecule has 1 saturated heterocycles. The fraction of sp³-hybridized carbons (Fsp3) is 0.750. The topological polar surface area (TPSA) is 83.1 Å². The van der Waals surface area contributed by atoms with Gasteiger partial charge in [-0.15, -0.1) is 0 Å². The van der Waals surface area contributed by atoms with Gasteiger partial charge in [-0.05, 0) is 25.9 Å². The van der Waals surface area contributed by atoms with Crippen LogP contribution in [-0.4, -0.2) is 58.8 Å². The van der Waals surface area contributed by atoms with Crippen LogP contribution >= 0.6 is 0 Å². The quantitative estimate of drug-likeness (QED) is 0.753. The molecule has 0 aromatic carbocycles. The molecule has 1 amide bonds. The van der Waals surface area contributed by atoms with Crippen molar-refractivity contribution in [3.63, 3.8) is 0 Å². The third-order valence-corrected chi connectivity index (χ3v) is 3.23. The summed E-state index contributed by atoms with van der Waals surface area (Å²) in [5.74, 6) is 0.750. The molecule has 0 radical (unpaired) electrons. The lowest BCUT2D eigenvalue weighted by molar-refractivity contribution is -0.132. The van der Waals surface area contributed by atoms with Gasteiger partial charge in [0.25, 0.3) is 0 Å². The number of carbonyl (C=O) groups is 1. The Labute approximate surface area is 112 Å². The van der Waals surface area contributed by atoms with Crippen LogP contribution in [0.15, 0.2) is 6.33 Å². The van der Waals surface area contributed by atoms with Crippen molar-refractivity contribution in [1.82, 2.24) is 25.4 Å². The number of H-pyrrole nitrogens is 1. The first kappa shape index (κ1) is 14.0. The monoisotopic (exact) mass is 267 g/mol. The largest absolute Gasteiger partial charge is 0.378 e. The van der Waals surface area contributed by atoms with E-state index in [1.165, 1.54) is 6.33 Å². The molecule has 106 valence electrons. The van der Waals surface area contributed by atoms with Gasteiger partial charge >= 0.3 is 0 Å². The van der Waals surface area contributed by atoms with Gasteiger partial charge in [0.15, 0.2) is 0 Å². The summed E-state index contributed by atoms with van der Waals surface area (Å²) in [5.41, 5.74) is 0. The van der Waals surface area contributed by atoms with Crippen molar-refractivity contribution in [2.45, 2.75) is 31.9 Å². The van der Waals surface area contributed by atoms with Crippen LogP contribution in [0.1, 0.15) is 25.1 Å². The van der Waals surface area contributed by atoms with Crippen molar-refractivity contribution in [3.05, 3.63) is 12.2 Å². The van der Waals surface area contributed by atoms with Gasteiger partial charge in [0, 0.05) is 7.05 Å². The highest BCUT2D eigenvalue weighted by Gasteiger charge is 2.15. The first-order valence-corrected chi connectivity index (χ1v) is 6.66. The molecule has 0 unspecified atom stereocenters. The Kier molecular flexibility index (Phi) is 5.29. The lowest BCUT2D eigenvalue weighted by Gasteiger charge is -2.23. The molecule has 1 aliphatic heterocycles. The number of nitrogens with one attached hydrogen (secondary N) is 2. The van der Waals surface area contributed by atoms with E-state index in [1.807, 2.05) is 0 Å². The maximum absolute atomic E-state index is 11.9. The van der Waals surface area contributed by atoms with E-state index >= 15 is 0 Å². The van der Waals surface area contributed by atoms with Crippen LogP contribution < -0.4 is 5.32 Å². The van der Waals surface area contributed by atoms with Crippen LogP contribution in [0.4, 0.5) is 0 Å². The molecular formula is C12H21N5O2. The standard InChI is InChI=1S/C12H21N5O2/c1-17(8-11-14-9-15-16-11)12(18)4-7-19-10-2-5-13-6-3-10/h9-10,13H,2-8H2,1H3,(H,14,15,16). The Morgan fingerprint density at radius 2 is 2.32 bits per heavy atom. The second-order valence-electron chi connectivity index (χ2n) is 4.75. The number of piperidine rings is 1. The van der Waals surface area contributed by atoms with E-state index in [2.05, 4.69) is 20.5 Å². The van der Waals surface area contributed by atoms with Gasteiger partial charge in [0.2, 0.25) is 5.91 Å². The van der Waals surface area contributed by atoms with Crippen LogP contribution in [0.5, 0.6) is 0 Å². The first-order chi connectivity index (χ1) is 9.25. The van der Waals surface area contributed by atoms with Gasteiger partial charge in [0.05, 0.1) is 25.7 Å². The molecule has 2 heterocycles. The zero-order valence-corrected chi connectivity index (χ0v) is 11.3. The molecule has 1 fully saturated rings. The predicted octanol–water partition coefficient (Wildman–Crippen LogP) is -0.0782. The summed E-state index contributed by atoms with van der Waals surface area (Å²) >= 11 is 0. The predicted molar refractivity (Wildman–Crippen MR) is 69.3 cm³/mol. The lowest BCUT2D eigenvalue weighted by Crippen LogP contribution is -2.33. The van der Waals surface area contributed by atoms with Crippen LogP contribution in [0.2, 0.25) is 0 Å². The summed E-state index contributed by atoms with van der Waals surface area (Å²) in [5, 5.41) is 9.78. The van der Waals surface area contributed by atoms with E-state index < -0.39 is 0 Å². The summed E-state index contributed by atoms with van der Waals surface area (Å²) in [6, 6.07) is 0. The van der Waals surface area contributed by atoms with Gasteiger partial charge in [-0.25, -0.2) is 4.98 Å². The maximum atomic E-state index is 11.9. The Bertz CT molecular complexity index is 375. The number of rotatable bonds is 6. The average Bonchev–Trinajstić information content (AvgIpc) is 2.92. The summed E-state index contributed by atoms with van der Waals surface area (Å²) < 4.78 is 5.72. The van der Waals surface area contributed by atoms with Gasteiger partial charge < -0.3 is 15.0 Å². The minimum atomic E-state index is 0.0605. The highest BCUT2D eigenvalue weighted by Crippen LogP contribution is 2.08. The molecule has 1 aliphatic rings. The number of ether oxygens (including phenoxy) is 1. The third kappa shape index (κ3) is 4.60. The molecule has 0 aliphatic carbocycles. The number of amides is 1. The smallest absolute Gasteiger partial charge is 0.225 e. The molecule has 7 heteroatoms. The van der Waals surface area contributed by atoms with Crippen molar-refractivity contribution in [2.75, 3.05) is 26.7 Å². The molecule has 2 rings (SSSR count). The molecule has 1 aromatic heterocycles. The van der Waals surface area contributed by atoms with Crippen LogP contribution in [0.25, 0.3) is 0 Å². The zero-order chi connectivity index (χ0) is 13.5. The Hall–Kier alpha value is -1.47. The van der Waals surface area contributed by atoms with E-state index in [-0.39, 0.29) is 5.91 Å². The Morgan fingerprint density at radius 3 is 3.00 bits per heavy atom. The number of nitrogens with zero attached hydrogens (tertiary/aromatic N) is 3. The van der Waals surface area contributed by atoms with Gasteiger partial charge in [-0.2, -0.15) is 5.10 Å². The maximum Gasteiger partial charge on any atom is 0.225 e. The van der Waals surface area contributed by atoms with E-state index in [0.29, 0.717) is 31.5 Å². The van der Waals surface area contributed by atoms with Gasteiger partial charge in [-0.1, -0.05) is 0 Å². The fourth-order valence-electron chi connectivity index (χ4n) is 2.09. The zero-order valence-electron chi connectivity index (χ0n) is 11.3. The van der Waals surface area contributed by atoms with E-state index in [0.717, 1.165) is 25.9 Å². The molecular weight excluding hydrogens is 246 g/mol. The summed E-state index contributed by atoms with van der Waals surface area (Å²) in [4.78, 5) is 17.5. The van der Waals surface area contributed by atoms with Crippen molar-refractivity contribution in [3.8, 4) is 0 Å². The van der Waals surface area contributed by atoms with Gasteiger partial charge in [0.1, 0.15) is 12.2 Å². The summed E-state index contributed by atoms with van der Waals surface area (Å²) in [6.07, 6.45) is 4.21. The van der Waals surface area contributed by atoms with Crippen LogP contribution in [0.3, 0.4) is 0 Å². The van der Waals surface area contributed by atoms with Crippen molar-refractivity contribution < 1.29 is 9.53 Å². The SMILES string of the molecule is CN(Cc1ncn[nH]1)C(=O)CCOC1CCNCC1. The second kappa shape index (κ2) is 7.20. The molecule has 0 atom stereocenters. The van der Waals surface area contributed by atoms with E-state index in [4.69, 9.17) is 4.74 Å². The average molecular weight is 267 g/mol. The molecule has 1 aromatic rings. The Morgan fingerprint density at radius 1 is 1.53 bits per heavy atom. The summed E-state index contributed by atoms with van der Waals surface area (Å²) in [6.45, 7) is 2.95. The van der Waals surface area contributed by atoms with Crippen molar-refractivity contribution in [2.24, 2.45) is 0 Å². The number of aromatic nitrogens is 3. The van der Waals surface area contributed by atoms with E-state index in [9.17, 15) is 4.79 Å². The van der Waals surface area contributed by atoms with Crippen LogP contribution in [0, 0.1) is 0 Å². The second-order valence-corrected chi connectivity index (χ2v) is 4.75. The molecule has 2 N–H and O–H groups in total. The first-order valence-electron chi connectivity index (χ1n) is 6.66. The fourth-order valence-corrected chi connectivity index (χ4v) is 2.09. The highest BCUT2D eigenvalue weighted by atomic mass is 16.5. The number of hydrogen-bond donors (Lipinski definition) is 2. The molecule has 7 nitrogen and oxygen atoms in total. The molecule has 0 spiro atoms. The van der Waals surface area contributed by atoms with Crippen molar-refractivity contribution in [1.29, 1.82) is 0 Å². The number of aromatic amines is 1. The van der Waals surface area contributed by atoms with Gasteiger partial charge in [-0.3, -0.25) is 9.89 Å². The van der Waals surface area contributed by atoms with E-state index in [1.54, 1.807) is 11.9 Å². The molecule has 0 saturated carbocycles. The Balaban J connectivity index is 1.63.